The average molecular weight is 332 g/mol. The van der Waals surface area contributed by atoms with Crippen molar-refractivity contribution in [2.75, 3.05) is 11.9 Å². The van der Waals surface area contributed by atoms with Crippen LogP contribution in [0.5, 0.6) is 0 Å². The summed E-state index contributed by atoms with van der Waals surface area (Å²) in [5, 5.41) is 11.2. The van der Waals surface area contributed by atoms with Crippen molar-refractivity contribution in [1.29, 1.82) is 0 Å². The summed E-state index contributed by atoms with van der Waals surface area (Å²) in [4.78, 5) is 18.9. The molecule has 8 heteroatoms. The van der Waals surface area contributed by atoms with Crippen molar-refractivity contribution in [3.8, 4) is 0 Å². The number of carbonyl (C=O) groups excluding carboxylic acids is 1. The van der Waals surface area contributed by atoms with Gasteiger partial charge in [-0.3, -0.25) is 4.68 Å². The van der Waals surface area contributed by atoms with Gasteiger partial charge in [0.15, 0.2) is 5.82 Å². The molecule has 8 nitrogen and oxygen atoms in total. The average Bonchev–Trinajstić information content (AvgIpc) is 3.09. The van der Waals surface area contributed by atoms with Gasteiger partial charge in [-0.25, -0.2) is 4.79 Å². The maximum absolute atomic E-state index is 12.8. The second-order valence-electron chi connectivity index (χ2n) is 6.15. The molecule has 3 rings (SSSR count). The van der Waals surface area contributed by atoms with Gasteiger partial charge < -0.3 is 14.7 Å². The molecule has 2 aromatic heterocycles. The smallest absolute Gasteiger partial charge is 0.322 e. The fraction of sp³-hybridized carbons (Fsp3) is 0.625. The minimum Gasteiger partial charge on any atom is -0.340 e. The molecule has 1 N–H and O–H groups in total. The Morgan fingerprint density at radius 1 is 1.42 bits per heavy atom. The van der Waals surface area contributed by atoms with Crippen LogP contribution >= 0.6 is 0 Å². The summed E-state index contributed by atoms with van der Waals surface area (Å²) in [7, 11) is 0. The normalized spacial score (nSPS) is 18.4. The first-order valence-corrected chi connectivity index (χ1v) is 8.57. The second kappa shape index (κ2) is 7.46. The van der Waals surface area contributed by atoms with Gasteiger partial charge in [-0.05, 0) is 19.3 Å². The van der Waals surface area contributed by atoms with Crippen molar-refractivity contribution < 1.29 is 9.32 Å². The largest absolute Gasteiger partial charge is 0.340 e. The van der Waals surface area contributed by atoms with E-state index in [0.29, 0.717) is 23.9 Å². The van der Waals surface area contributed by atoms with Crippen LogP contribution in [0.15, 0.2) is 16.9 Å². The van der Waals surface area contributed by atoms with Crippen molar-refractivity contribution in [1.82, 2.24) is 24.8 Å². The number of urea groups is 1. The van der Waals surface area contributed by atoms with Crippen LogP contribution in [0.2, 0.25) is 0 Å². The number of aromatic nitrogens is 4. The first-order chi connectivity index (χ1) is 11.7. The quantitative estimate of drug-likeness (QED) is 0.929. The molecule has 0 aromatic carbocycles. The number of likely N-dealkylation sites (tertiary alicyclic amines) is 1. The molecule has 0 unspecified atom stereocenters. The number of amides is 2. The Balaban J connectivity index is 1.73. The zero-order chi connectivity index (χ0) is 16.9. The Morgan fingerprint density at radius 3 is 3.04 bits per heavy atom. The minimum atomic E-state index is -0.143. The first-order valence-electron chi connectivity index (χ1n) is 8.57. The molecular formula is C16H24N6O2. The van der Waals surface area contributed by atoms with Gasteiger partial charge in [-0.15, -0.1) is 0 Å². The topological polar surface area (TPSA) is 89.1 Å². The van der Waals surface area contributed by atoms with Gasteiger partial charge in [0.1, 0.15) is 0 Å². The summed E-state index contributed by atoms with van der Waals surface area (Å²) < 4.78 is 6.93. The van der Waals surface area contributed by atoms with Gasteiger partial charge in [0.05, 0.1) is 17.9 Å². The summed E-state index contributed by atoms with van der Waals surface area (Å²) in [6.07, 6.45) is 8.52. The van der Waals surface area contributed by atoms with Crippen molar-refractivity contribution in [3.05, 3.63) is 24.1 Å². The molecule has 1 fully saturated rings. The third-order valence-electron chi connectivity index (χ3n) is 4.19. The van der Waals surface area contributed by atoms with Crippen molar-refractivity contribution in [3.63, 3.8) is 0 Å². The van der Waals surface area contributed by atoms with E-state index < -0.39 is 0 Å². The van der Waals surface area contributed by atoms with Crippen molar-refractivity contribution in [2.24, 2.45) is 0 Å². The first kappa shape index (κ1) is 16.5. The van der Waals surface area contributed by atoms with E-state index in [2.05, 4.69) is 27.5 Å². The van der Waals surface area contributed by atoms with Crippen LogP contribution in [-0.2, 0) is 6.54 Å². The summed E-state index contributed by atoms with van der Waals surface area (Å²) in [6, 6.07) is -0.281. The second-order valence-corrected chi connectivity index (χ2v) is 6.15. The highest BCUT2D eigenvalue weighted by Gasteiger charge is 2.30. The molecule has 0 bridgehead atoms. The molecule has 130 valence electrons. The van der Waals surface area contributed by atoms with Gasteiger partial charge >= 0.3 is 6.03 Å². The number of rotatable bonds is 4. The predicted octanol–water partition coefficient (Wildman–Crippen LogP) is 3.13. The zero-order valence-electron chi connectivity index (χ0n) is 14.2. The number of carbonyl (C=O) groups is 1. The van der Waals surface area contributed by atoms with Crippen molar-refractivity contribution in [2.45, 2.75) is 58.5 Å². The van der Waals surface area contributed by atoms with Crippen molar-refractivity contribution >= 4 is 11.7 Å². The van der Waals surface area contributed by atoms with E-state index >= 15 is 0 Å². The molecule has 2 aromatic rings. The maximum atomic E-state index is 12.8. The molecule has 1 aliphatic heterocycles. The molecule has 1 aliphatic rings. The lowest BCUT2D eigenvalue weighted by atomic mass is 10.1. The van der Waals surface area contributed by atoms with Crippen LogP contribution in [0.1, 0.15) is 56.8 Å². The van der Waals surface area contributed by atoms with Crippen LogP contribution < -0.4 is 5.32 Å². The summed E-state index contributed by atoms with van der Waals surface area (Å²) >= 11 is 0. The van der Waals surface area contributed by atoms with E-state index in [9.17, 15) is 4.79 Å². The van der Waals surface area contributed by atoms with E-state index in [4.69, 9.17) is 4.52 Å². The van der Waals surface area contributed by atoms with Gasteiger partial charge in [-0.1, -0.05) is 24.9 Å². The number of anilines is 1. The molecule has 0 aliphatic carbocycles. The standard InChI is InChI=1S/C16H24N6O2/c1-3-8-21-11-13(10-17-21)19-16(23)22-9-6-4-5-7-14(22)15-18-12(2)24-20-15/h10-11,14H,3-9H2,1-2H3,(H,19,23)/t14-/m1/s1. The molecule has 24 heavy (non-hydrogen) atoms. The Kier molecular flexibility index (Phi) is 5.12. The van der Waals surface area contributed by atoms with E-state index in [1.807, 2.05) is 15.8 Å². The van der Waals surface area contributed by atoms with Gasteiger partial charge in [0.25, 0.3) is 0 Å². The lowest BCUT2D eigenvalue weighted by Crippen LogP contribution is -2.38. The van der Waals surface area contributed by atoms with Gasteiger partial charge in [0.2, 0.25) is 5.89 Å². The van der Waals surface area contributed by atoms with Crippen LogP contribution in [-0.4, -0.2) is 37.4 Å². The Bertz CT molecular complexity index is 680. The molecule has 1 saturated heterocycles. The number of hydrogen-bond donors (Lipinski definition) is 1. The number of aryl methyl sites for hydroxylation is 2. The van der Waals surface area contributed by atoms with Crippen LogP contribution in [0.4, 0.5) is 10.5 Å². The van der Waals surface area contributed by atoms with E-state index in [1.165, 1.54) is 0 Å². The van der Waals surface area contributed by atoms with E-state index in [-0.39, 0.29) is 12.1 Å². The van der Waals surface area contributed by atoms with Crippen LogP contribution in [0.25, 0.3) is 0 Å². The third-order valence-corrected chi connectivity index (χ3v) is 4.19. The molecule has 1 atom stereocenters. The Labute approximate surface area is 141 Å². The monoisotopic (exact) mass is 332 g/mol. The fourth-order valence-electron chi connectivity index (χ4n) is 3.04. The fourth-order valence-corrected chi connectivity index (χ4v) is 3.04. The molecule has 0 radical (unpaired) electrons. The lowest BCUT2D eigenvalue weighted by Gasteiger charge is -2.27. The highest BCUT2D eigenvalue weighted by molar-refractivity contribution is 5.89. The zero-order valence-corrected chi connectivity index (χ0v) is 14.2. The van der Waals surface area contributed by atoms with Crippen LogP contribution in [0, 0.1) is 6.92 Å². The van der Waals surface area contributed by atoms with Gasteiger partial charge in [-0.2, -0.15) is 10.1 Å². The predicted molar refractivity (Wildman–Crippen MR) is 88.5 cm³/mol. The summed E-state index contributed by atoms with van der Waals surface area (Å²) in [6.45, 7) is 5.38. The van der Waals surface area contributed by atoms with E-state index in [1.54, 1.807) is 13.1 Å². The minimum absolute atomic E-state index is 0.139. The highest BCUT2D eigenvalue weighted by Crippen LogP contribution is 2.29. The SMILES string of the molecule is CCCn1cc(NC(=O)N2CCCCC[C@@H]2c2noc(C)n2)cn1. The molecular weight excluding hydrogens is 308 g/mol. The number of hydrogen-bond acceptors (Lipinski definition) is 5. The third kappa shape index (κ3) is 3.74. The molecule has 0 saturated carbocycles. The van der Waals surface area contributed by atoms with Gasteiger partial charge in [0, 0.05) is 26.2 Å². The molecule has 3 heterocycles. The Hall–Kier alpha value is -2.38. The van der Waals surface area contributed by atoms with Crippen LogP contribution in [0.3, 0.4) is 0 Å². The molecule has 2 amide bonds. The van der Waals surface area contributed by atoms with E-state index in [0.717, 1.165) is 38.6 Å². The Morgan fingerprint density at radius 2 is 2.29 bits per heavy atom. The maximum Gasteiger partial charge on any atom is 0.322 e. The number of nitrogens with one attached hydrogen (secondary N) is 1. The highest BCUT2D eigenvalue weighted by atomic mass is 16.5. The number of nitrogens with zero attached hydrogens (tertiary/aromatic N) is 5. The summed E-state index contributed by atoms with van der Waals surface area (Å²) in [5.41, 5.74) is 0.709. The summed E-state index contributed by atoms with van der Waals surface area (Å²) in [5.74, 6) is 1.11. The molecule has 0 spiro atoms. The lowest BCUT2D eigenvalue weighted by molar-refractivity contribution is 0.184.